The number of amides is 2. The van der Waals surface area contributed by atoms with Crippen LogP contribution in [0.15, 0.2) is 30.3 Å². The first kappa shape index (κ1) is 16.2. The molecule has 0 bridgehead atoms. The summed E-state index contributed by atoms with van der Waals surface area (Å²) in [6, 6.07) is 9.58. The number of nitrogens with one attached hydrogen (secondary N) is 1. The third-order valence-corrected chi connectivity index (χ3v) is 5.34. The van der Waals surface area contributed by atoms with Crippen LogP contribution in [0.2, 0.25) is 0 Å². The van der Waals surface area contributed by atoms with Gasteiger partial charge in [0.2, 0.25) is 5.13 Å². The van der Waals surface area contributed by atoms with E-state index in [4.69, 9.17) is 5.11 Å². The van der Waals surface area contributed by atoms with Gasteiger partial charge < -0.3 is 10.0 Å². The molecule has 1 atom stereocenters. The minimum atomic E-state index is -0.167. The second-order valence-corrected chi connectivity index (χ2v) is 7.06. The van der Waals surface area contributed by atoms with Gasteiger partial charge in [-0.25, -0.2) is 4.79 Å². The Morgan fingerprint density at radius 3 is 3.00 bits per heavy atom. The molecule has 2 amide bonds. The average molecular weight is 350 g/mol. The van der Waals surface area contributed by atoms with Gasteiger partial charge in [-0.3, -0.25) is 5.32 Å². The van der Waals surface area contributed by atoms with Crippen LogP contribution in [0.5, 0.6) is 0 Å². The molecule has 2 aromatic rings. The van der Waals surface area contributed by atoms with E-state index in [1.54, 1.807) is 4.90 Å². The number of urea groups is 1. The van der Waals surface area contributed by atoms with E-state index in [2.05, 4.69) is 14.7 Å². The maximum atomic E-state index is 12.5. The van der Waals surface area contributed by atoms with Crippen molar-refractivity contribution in [3.8, 4) is 11.4 Å². The number of benzene rings is 1. The first-order valence-electron chi connectivity index (χ1n) is 7.43. The summed E-state index contributed by atoms with van der Waals surface area (Å²) in [4.78, 5) is 18.6. The number of nitrogens with zero attached hydrogens (tertiary/aromatic N) is 3. The summed E-state index contributed by atoms with van der Waals surface area (Å²) in [5.41, 5.74) is 0.928. The number of aliphatic hydroxyl groups excluding tert-OH is 1. The third kappa shape index (κ3) is 4.01. The molecule has 1 saturated heterocycles. The predicted octanol–water partition coefficient (Wildman–Crippen LogP) is 2.54. The van der Waals surface area contributed by atoms with Crippen LogP contribution < -0.4 is 5.32 Å². The number of aliphatic hydroxyl groups is 1. The lowest BCUT2D eigenvalue weighted by atomic mass is 10.2. The van der Waals surface area contributed by atoms with Crippen molar-refractivity contribution in [2.24, 2.45) is 0 Å². The van der Waals surface area contributed by atoms with Crippen LogP contribution in [-0.2, 0) is 0 Å². The van der Waals surface area contributed by atoms with E-state index in [0.717, 1.165) is 17.1 Å². The van der Waals surface area contributed by atoms with Gasteiger partial charge in [0, 0.05) is 47.8 Å². The van der Waals surface area contributed by atoms with Crippen LogP contribution in [0.1, 0.15) is 6.42 Å². The number of thioether (sulfide) groups is 1. The molecule has 3 rings (SSSR count). The number of carbonyl (C=O) groups is 1. The summed E-state index contributed by atoms with van der Waals surface area (Å²) in [6.07, 6.45) is 0.603. The van der Waals surface area contributed by atoms with E-state index in [1.165, 1.54) is 11.5 Å². The number of anilines is 1. The predicted molar refractivity (Wildman–Crippen MR) is 93.9 cm³/mol. The van der Waals surface area contributed by atoms with Crippen LogP contribution in [-0.4, -0.2) is 56.1 Å². The van der Waals surface area contributed by atoms with E-state index >= 15 is 0 Å². The fraction of sp³-hybridized carbons (Fsp3) is 0.400. The Balaban J connectivity index is 1.67. The maximum absolute atomic E-state index is 12.5. The molecule has 8 heteroatoms. The molecular formula is C15H18N4O2S2. The molecule has 2 heterocycles. The Labute approximate surface area is 143 Å². The van der Waals surface area contributed by atoms with Gasteiger partial charge in [-0.1, -0.05) is 30.3 Å². The Hall–Kier alpha value is -1.64. The monoisotopic (exact) mass is 350 g/mol. The minimum Gasteiger partial charge on any atom is -0.396 e. The smallest absolute Gasteiger partial charge is 0.323 e. The highest BCUT2D eigenvalue weighted by molar-refractivity contribution is 7.99. The summed E-state index contributed by atoms with van der Waals surface area (Å²) in [5.74, 6) is 2.40. The van der Waals surface area contributed by atoms with Crippen molar-refractivity contribution in [3.05, 3.63) is 30.3 Å². The van der Waals surface area contributed by atoms with Gasteiger partial charge in [0.05, 0.1) is 0 Å². The SMILES string of the molecule is O=C(Nc1nc(-c2ccccc2)ns1)N1CCSCC1CCO. The molecule has 122 valence electrons. The Kier molecular flexibility index (Phi) is 5.47. The number of rotatable bonds is 4. The molecular weight excluding hydrogens is 332 g/mol. The summed E-state index contributed by atoms with van der Waals surface area (Å²) in [7, 11) is 0. The lowest BCUT2D eigenvalue weighted by Crippen LogP contribution is -2.48. The molecule has 1 unspecified atom stereocenters. The van der Waals surface area contributed by atoms with Crippen LogP contribution in [0.25, 0.3) is 11.4 Å². The normalized spacial score (nSPS) is 18.0. The highest BCUT2D eigenvalue weighted by Gasteiger charge is 2.27. The van der Waals surface area contributed by atoms with Crippen molar-refractivity contribution < 1.29 is 9.90 Å². The number of hydrogen-bond donors (Lipinski definition) is 2. The zero-order valence-electron chi connectivity index (χ0n) is 12.5. The van der Waals surface area contributed by atoms with E-state index in [1.807, 2.05) is 42.1 Å². The average Bonchev–Trinajstić information content (AvgIpc) is 3.05. The lowest BCUT2D eigenvalue weighted by molar-refractivity contribution is 0.177. The second kappa shape index (κ2) is 7.76. The Bertz CT molecular complexity index is 648. The fourth-order valence-electron chi connectivity index (χ4n) is 2.45. The van der Waals surface area contributed by atoms with Crippen molar-refractivity contribution >= 4 is 34.5 Å². The van der Waals surface area contributed by atoms with E-state index in [-0.39, 0.29) is 18.7 Å². The topological polar surface area (TPSA) is 78.4 Å². The zero-order chi connectivity index (χ0) is 16.1. The lowest BCUT2D eigenvalue weighted by Gasteiger charge is -2.34. The number of carbonyl (C=O) groups excluding carboxylic acids is 1. The summed E-state index contributed by atoms with van der Waals surface area (Å²) < 4.78 is 4.29. The first-order valence-corrected chi connectivity index (χ1v) is 9.36. The van der Waals surface area contributed by atoms with Gasteiger partial charge in [-0.2, -0.15) is 21.1 Å². The molecule has 0 radical (unpaired) electrons. The highest BCUT2D eigenvalue weighted by atomic mass is 32.2. The zero-order valence-corrected chi connectivity index (χ0v) is 14.1. The van der Waals surface area contributed by atoms with Gasteiger partial charge in [-0.15, -0.1) is 0 Å². The molecule has 2 N–H and O–H groups in total. The second-order valence-electron chi connectivity index (χ2n) is 5.15. The van der Waals surface area contributed by atoms with Crippen LogP contribution >= 0.6 is 23.3 Å². The van der Waals surface area contributed by atoms with Gasteiger partial charge in [0.25, 0.3) is 0 Å². The van der Waals surface area contributed by atoms with Crippen LogP contribution in [0.4, 0.5) is 9.93 Å². The molecule has 0 aliphatic carbocycles. The highest BCUT2D eigenvalue weighted by Crippen LogP contribution is 2.23. The molecule has 0 saturated carbocycles. The molecule has 1 fully saturated rings. The molecule has 1 aliphatic heterocycles. The van der Waals surface area contributed by atoms with E-state index in [9.17, 15) is 4.79 Å². The summed E-state index contributed by atoms with van der Waals surface area (Å²) in [5, 5.41) is 12.5. The van der Waals surface area contributed by atoms with Crippen molar-refractivity contribution in [1.29, 1.82) is 0 Å². The molecule has 1 aromatic heterocycles. The molecule has 6 nitrogen and oxygen atoms in total. The quantitative estimate of drug-likeness (QED) is 0.886. The van der Waals surface area contributed by atoms with Gasteiger partial charge in [0.15, 0.2) is 5.82 Å². The van der Waals surface area contributed by atoms with Crippen LogP contribution in [0, 0.1) is 0 Å². The van der Waals surface area contributed by atoms with Crippen molar-refractivity contribution in [2.75, 3.05) is 30.0 Å². The minimum absolute atomic E-state index is 0.0697. The van der Waals surface area contributed by atoms with Gasteiger partial charge in [-0.05, 0) is 6.42 Å². The summed E-state index contributed by atoms with van der Waals surface area (Å²) in [6.45, 7) is 0.775. The van der Waals surface area contributed by atoms with E-state index < -0.39 is 0 Å². The Morgan fingerprint density at radius 2 is 2.22 bits per heavy atom. The first-order chi connectivity index (χ1) is 11.3. The van der Waals surface area contributed by atoms with Crippen molar-refractivity contribution in [2.45, 2.75) is 12.5 Å². The van der Waals surface area contributed by atoms with Crippen molar-refractivity contribution in [1.82, 2.24) is 14.3 Å². The fourth-order valence-corrected chi connectivity index (χ4v) is 4.14. The molecule has 1 aliphatic rings. The van der Waals surface area contributed by atoms with E-state index in [0.29, 0.717) is 23.9 Å². The summed E-state index contributed by atoms with van der Waals surface area (Å²) >= 11 is 2.99. The maximum Gasteiger partial charge on any atom is 0.323 e. The Morgan fingerprint density at radius 1 is 1.39 bits per heavy atom. The largest absolute Gasteiger partial charge is 0.396 e. The van der Waals surface area contributed by atoms with Crippen molar-refractivity contribution in [3.63, 3.8) is 0 Å². The number of hydrogen-bond acceptors (Lipinski definition) is 6. The third-order valence-electron chi connectivity index (χ3n) is 3.62. The van der Waals surface area contributed by atoms with Gasteiger partial charge in [0.1, 0.15) is 0 Å². The molecule has 0 spiro atoms. The van der Waals surface area contributed by atoms with Crippen LogP contribution in [0.3, 0.4) is 0 Å². The number of aromatic nitrogens is 2. The molecule has 23 heavy (non-hydrogen) atoms. The standard InChI is InChI=1S/C15H18N4O2S2/c20-8-6-12-10-22-9-7-19(12)15(21)17-14-16-13(18-23-14)11-4-2-1-3-5-11/h1-5,12,20H,6-10H2,(H,16,17,18,21). The van der Waals surface area contributed by atoms with Gasteiger partial charge >= 0.3 is 6.03 Å². The molecule has 1 aromatic carbocycles.